The number of hydrogen-bond donors (Lipinski definition) is 1. The van der Waals surface area contributed by atoms with Crippen LogP contribution in [0.15, 0.2) is 12.8 Å². The highest BCUT2D eigenvalue weighted by atomic mass is 16.7. The van der Waals surface area contributed by atoms with E-state index in [1.807, 2.05) is 0 Å². The molecular formula is C16H23NO9. The molecular weight excluding hydrogens is 350 g/mol. The lowest BCUT2D eigenvalue weighted by molar-refractivity contribution is -0.265. The van der Waals surface area contributed by atoms with Gasteiger partial charge in [0.1, 0.15) is 18.8 Å². The van der Waals surface area contributed by atoms with Crippen molar-refractivity contribution in [3.63, 3.8) is 0 Å². The fourth-order valence-electron chi connectivity index (χ4n) is 2.50. The minimum Gasteiger partial charge on any atom is -0.471 e. The van der Waals surface area contributed by atoms with Crippen LogP contribution in [0.4, 0.5) is 0 Å². The Morgan fingerprint density at radius 3 is 2.04 bits per heavy atom. The smallest absolute Gasteiger partial charge is 0.303 e. The third-order valence-corrected chi connectivity index (χ3v) is 3.30. The minimum absolute atomic E-state index is 0.283. The zero-order valence-corrected chi connectivity index (χ0v) is 15.1. The van der Waals surface area contributed by atoms with Crippen molar-refractivity contribution in [1.29, 1.82) is 0 Å². The fourth-order valence-corrected chi connectivity index (χ4v) is 2.50. The van der Waals surface area contributed by atoms with Gasteiger partial charge in [-0.3, -0.25) is 19.2 Å². The van der Waals surface area contributed by atoms with Crippen LogP contribution in [0.2, 0.25) is 0 Å². The van der Waals surface area contributed by atoms with Gasteiger partial charge >= 0.3 is 17.9 Å². The summed E-state index contributed by atoms with van der Waals surface area (Å²) in [5.74, 6) is -2.38. The van der Waals surface area contributed by atoms with Crippen molar-refractivity contribution in [2.45, 2.75) is 58.3 Å². The molecule has 26 heavy (non-hydrogen) atoms. The number of hydrogen-bond acceptors (Lipinski definition) is 9. The standard InChI is InChI=1S/C16H23NO9/c1-6-22-16-13(17-8(2)18)15(25-11(5)21)14(24-10(4)20)12(26-16)7-23-9(3)19/h6,12-16H,1,7H2,2-5H3,(H,17,18). The Kier molecular flexibility index (Phi) is 8.04. The molecule has 1 N–H and O–H groups in total. The van der Waals surface area contributed by atoms with E-state index in [1.165, 1.54) is 13.8 Å². The largest absolute Gasteiger partial charge is 0.471 e. The molecule has 1 heterocycles. The second-order valence-corrected chi connectivity index (χ2v) is 5.52. The molecule has 1 aliphatic heterocycles. The molecule has 5 atom stereocenters. The van der Waals surface area contributed by atoms with Crippen LogP contribution < -0.4 is 5.32 Å². The van der Waals surface area contributed by atoms with Crippen LogP contribution in [0.25, 0.3) is 0 Å². The number of carbonyl (C=O) groups excluding carboxylic acids is 4. The first-order valence-corrected chi connectivity index (χ1v) is 7.82. The van der Waals surface area contributed by atoms with Gasteiger partial charge in [0, 0.05) is 27.7 Å². The van der Waals surface area contributed by atoms with E-state index in [0.29, 0.717) is 0 Å². The number of nitrogens with one attached hydrogen (secondary N) is 1. The van der Waals surface area contributed by atoms with Gasteiger partial charge in [-0.05, 0) is 0 Å². The zero-order chi connectivity index (χ0) is 19.9. The Balaban J connectivity index is 3.24. The fraction of sp³-hybridized carbons (Fsp3) is 0.625. The molecule has 10 nitrogen and oxygen atoms in total. The van der Waals surface area contributed by atoms with Crippen LogP contribution in [0.5, 0.6) is 0 Å². The van der Waals surface area contributed by atoms with Crippen molar-refractivity contribution >= 4 is 23.8 Å². The van der Waals surface area contributed by atoms with E-state index in [0.717, 1.165) is 20.1 Å². The molecule has 1 fully saturated rings. The highest BCUT2D eigenvalue weighted by Gasteiger charge is 2.51. The summed E-state index contributed by atoms with van der Waals surface area (Å²) >= 11 is 0. The summed E-state index contributed by atoms with van der Waals surface area (Å²) in [6.45, 7) is 7.92. The number of ether oxygens (including phenoxy) is 5. The maximum atomic E-state index is 11.6. The molecule has 1 amide bonds. The van der Waals surface area contributed by atoms with Gasteiger partial charge in [0.15, 0.2) is 12.2 Å². The van der Waals surface area contributed by atoms with Crippen LogP contribution in [0.3, 0.4) is 0 Å². The normalized spacial score (nSPS) is 27.6. The predicted octanol–water partition coefficient (Wildman–Crippen LogP) is -0.197. The predicted molar refractivity (Wildman–Crippen MR) is 85.3 cm³/mol. The lowest BCUT2D eigenvalue weighted by atomic mass is 9.96. The van der Waals surface area contributed by atoms with Gasteiger partial charge in [0.05, 0.1) is 6.26 Å². The lowest BCUT2D eigenvalue weighted by Crippen LogP contribution is -2.66. The third-order valence-electron chi connectivity index (χ3n) is 3.30. The summed E-state index contributed by atoms with van der Waals surface area (Å²) in [7, 11) is 0. The number of amides is 1. The molecule has 0 aromatic carbocycles. The first-order valence-electron chi connectivity index (χ1n) is 7.82. The van der Waals surface area contributed by atoms with Gasteiger partial charge in [-0.1, -0.05) is 6.58 Å². The second kappa shape index (κ2) is 9.76. The highest BCUT2D eigenvalue weighted by Crippen LogP contribution is 2.28. The van der Waals surface area contributed by atoms with Crippen molar-refractivity contribution in [3.8, 4) is 0 Å². The van der Waals surface area contributed by atoms with Gasteiger partial charge in [0.2, 0.25) is 12.2 Å². The van der Waals surface area contributed by atoms with E-state index in [9.17, 15) is 19.2 Å². The van der Waals surface area contributed by atoms with Gasteiger partial charge in [-0.2, -0.15) is 0 Å². The average Bonchev–Trinajstić information content (AvgIpc) is 2.50. The van der Waals surface area contributed by atoms with Crippen molar-refractivity contribution in [3.05, 3.63) is 12.8 Å². The first kappa shape index (κ1) is 21.4. The van der Waals surface area contributed by atoms with Crippen LogP contribution in [0, 0.1) is 0 Å². The van der Waals surface area contributed by atoms with E-state index >= 15 is 0 Å². The lowest BCUT2D eigenvalue weighted by Gasteiger charge is -2.44. The molecule has 10 heteroatoms. The Morgan fingerprint density at radius 2 is 1.58 bits per heavy atom. The molecule has 0 saturated carbocycles. The minimum atomic E-state index is -1.14. The average molecular weight is 373 g/mol. The molecule has 0 bridgehead atoms. The molecule has 0 aromatic heterocycles. The summed E-state index contributed by atoms with van der Waals surface area (Å²) in [5, 5.41) is 2.55. The van der Waals surface area contributed by atoms with E-state index in [4.69, 9.17) is 23.7 Å². The Bertz CT molecular complexity index is 562. The van der Waals surface area contributed by atoms with Crippen LogP contribution >= 0.6 is 0 Å². The van der Waals surface area contributed by atoms with Crippen molar-refractivity contribution < 1.29 is 42.9 Å². The first-order chi connectivity index (χ1) is 12.1. The van der Waals surface area contributed by atoms with E-state index < -0.39 is 54.5 Å². The van der Waals surface area contributed by atoms with E-state index in [-0.39, 0.29) is 6.61 Å². The Hall–Kier alpha value is -2.62. The molecule has 5 unspecified atom stereocenters. The maximum absolute atomic E-state index is 11.6. The second-order valence-electron chi connectivity index (χ2n) is 5.52. The third kappa shape index (κ3) is 6.36. The van der Waals surface area contributed by atoms with E-state index in [1.54, 1.807) is 0 Å². The van der Waals surface area contributed by atoms with Crippen LogP contribution in [-0.2, 0) is 42.9 Å². The highest BCUT2D eigenvalue weighted by molar-refractivity contribution is 5.73. The molecule has 0 spiro atoms. The quantitative estimate of drug-likeness (QED) is 0.367. The molecule has 0 aromatic rings. The summed E-state index contributed by atoms with van der Waals surface area (Å²) in [6, 6.07) is -0.993. The zero-order valence-electron chi connectivity index (χ0n) is 15.1. The molecule has 1 saturated heterocycles. The monoisotopic (exact) mass is 373 g/mol. The maximum Gasteiger partial charge on any atom is 0.303 e. The summed E-state index contributed by atoms with van der Waals surface area (Å²) < 4.78 is 26.3. The topological polar surface area (TPSA) is 126 Å². The molecule has 0 radical (unpaired) electrons. The van der Waals surface area contributed by atoms with Gasteiger partial charge in [-0.25, -0.2) is 0 Å². The summed E-state index contributed by atoms with van der Waals surface area (Å²) in [4.78, 5) is 45.7. The Morgan fingerprint density at radius 1 is 1.00 bits per heavy atom. The summed E-state index contributed by atoms with van der Waals surface area (Å²) in [5.41, 5.74) is 0. The van der Waals surface area contributed by atoms with Gasteiger partial charge < -0.3 is 29.0 Å². The van der Waals surface area contributed by atoms with E-state index in [2.05, 4.69) is 11.9 Å². The van der Waals surface area contributed by atoms with Crippen molar-refractivity contribution in [1.82, 2.24) is 5.32 Å². The summed E-state index contributed by atoms with van der Waals surface area (Å²) in [6.07, 6.45) is -3.31. The van der Waals surface area contributed by atoms with Gasteiger partial charge in [-0.15, -0.1) is 0 Å². The molecule has 1 aliphatic rings. The number of carbonyl (C=O) groups is 4. The van der Waals surface area contributed by atoms with Crippen molar-refractivity contribution in [2.24, 2.45) is 0 Å². The number of rotatable bonds is 7. The number of esters is 3. The van der Waals surface area contributed by atoms with Gasteiger partial charge in [0.25, 0.3) is 0 Å². The van der Waals surface area contributed by atoms with Crippen molar-refractivity contribution in [2.75, 3.05) is 6.61 Å². The molecule has 146 valence electrons. The van der Waals surface area contributed by atoms with Crippen LogP contribution in [-0.4, -0.2) is 61.1 Å². The SMILES string of the molecule is C=COC1OC(COC(C)=O)C(OC(C)=O)C(OC(C)=O)C1NC(C)=O. The molecule has 1 rings (SSSR count). The molecule has 0 aliphatic carbocycles. The Labute approximate surface area is 150 Å². The van der Waals surface area contributed by atoms with Crippen LogP contribution in [0.1, 0.15) is 27.7 Å².